The lowest BCUT2D eigenvalue weighted by Gasteiger charge is -2.31. The van der Waals surface area contributed by atoms with Crippen molar-refractivity contribution in [3.05, 3.63) is 0 Å². The minimum atomic E-state index is -0.453. The first-order valence-corrected chi connectivity index (χ1v) is 5.75. The summed E-state index contributed by atoms with van der Waals surface area (Å²) in [5.41, 5.74) is 1.78. The molecule has 5 heteroatoms. The fraction of sp³-hybridized carbons (Fsp3) is 0.909. The van der Waals surface area contributed by atoms with E-state index in [1.165, 1.54) is 12.8 Å². The monoisotopic (exact) mass is 229 g/mol. The van der Waals surface area contributed by atoms with Gasteiger partial charge in [-0.3, -0.25) is 15.1 Å². The topological polar surface area (TPSA) is 67.6 Å². The minimum Gasteiger partial charge on any atom is -0.383 e. The van der Waals surface area contributed by atoms with Crippen molar-refractivity contribution < 1.29 is 9.53 Å². The van der Waals surface area contributed by atoms with E-state index in [1.54, 1.807) is 7.11 Å². The van der Waals surface area contributed by atoms with Crippen molar-refractivity contribution in [3.63, 3.8) is 0 Å². The molecule has 1 saturated carbocycles. The molecule has 0 aromatic carbocycles. The fourth-order valence-corrected chi connectivity index (χ4v) is 1.81. The maximum absolute atomic E-state index is 11.6. The summed E-state index contributed by atoms with van der Waals surface area (Å²) in [6, 6.07) is 0.625. The Morgan fingerprint density at radius 2 is 2.19 bits per heavy atom. The van der Waals surface area contributed by atoms with Crippen LogP contribution in [0.5, 0.6) is 0 Å². The highest BCUT2D eigenvalue weighted by Gasteiger charge is 2.35. The summed E-state index contributed by atoms with van der Waals surface area (Å²) in [5, 5.41) is 0. The van der Waals surface area contributed by atoms with Gasteiger partial charge in [0.1, 0.15) is 0 Å². The van der Waals surface area contributed by atoms with E-state index in [9.17, 15) is 4.79 Å². The Bertz CT molecular complexity index is 239. The summed E-state index contributed by atoms with van der Waals surface area (Å²) >= 11 is 0. The molecule has 16 heavy (non-hydrogen) atoms. The molecule has 94 valence electrons. The van der Waals surface area contributed by atoms with E-state index in [4.69, 9.17) is 10.6 Å². The summed E-state index contributed by atoms with van der Waals surface area (Å²) in [4.78, 5) is 13.9. The second-order valence-electron chi connectivity index (χ2n) is 5.05. The van der Waals surface area contributed by atoms with Crippen LogP contribution < -0.4 is 11.3 Å². The van der Waals surface area contributed by atoms with Gasteiger partial charge in [0, 0.05) is 26.2 Å². The molecule has 0 aromatic rings. The first-order valence-electron chi connectivity index (χ1n) is 5.75. The highest BCUT2D eigenvalue weighted by Crippen LogP contribution is 2.29. The Kier molecular flexibility index (Phi) is 4.70. The molecule has 0 atom stereocenters. The molecule has 0 radical (unpaired) electrons. The van der Waals surface area contributed by atoms with Gasteiger partial charge in [-0.1, -0.05) is 0 Å². The molecule has 0 unspecified atom stereocenters. The van der Waals surface area contributed by atoms with Gasteiger partial charge in [-0.05, 0) is 26.7 Å². The van der Waals surface area contributed by atoms with Crippen molar-refractivity contribution in [3.8, 4) is 0 Å². The first-order chi connectivity index (χ1) is 7.51. The van der Waals surface area contributed by atoms with Gasteiger partial charge in [0.25, 0.3) is 0 Å². The van der Waals surface area contributed by atoms with Crippen molar-refractivity contribution in [2.24, 2.45) is 11.3 Å². The van der Waals surface area contributed by atoms with Gasteiger partial charge in [0.15, 0.2) is 0 Å². The van der Waals surface area contributed by atoms with Crippen LogP contribution in [0.1, 0.15) is 26.7 Å². The fourth-order valence-electron chi connectivity index (χ4n) is 1.81. The average molecular weight is 229 g/mol. The molecule has 1 fully saturated rings. The van der Waals surface area contributed by atoms with Gasteiger partial charge in [0.2, 0.25) is 5.91 Å². The predicted molar refractivity (Wildman–Crippen MR) is 62.6 cm³/mol. The van der Waals surface area contributed by atoms with Gasteiger partial charge >= 0.3 is 0 Å². The van der Waals surface area contributed by atoms with Gasteiger partial charge in [-0.25, -0.2) is 5.84 Å². The molecule has 1 amide bonds. The number of rotatable bonds is 7. The Labute approximate surface area is 97.3 Å². The Morgan fingerprint density at radius 1 is 1.56 bits per heavy atom. The van der Waals surface area contributed by atoms with Crippen molar-refractivity contribution in [1.29, 1.82) is 0 Å². The van der Waals surface area contributed by atoms with Crippen LogP contribution in [0.25, 0.3) is 0 Å². The lowest BCUT2D eigenvalue weighted by Crippen LogP contribution is -2.48. The average Bonchev–Trinajstić information content (AvgIpc) is 3.06. The number of amides is 1. The number of methoxy groups -OCH3 is 1. The molecule has 3 N–H and O–H groups in total. The van der Waals surface area contributed by atoms with E-state index in [1.807, 2.05) is 13.8 Å². The highest BCUT2D eigenvalue weighted by atomic mass is 16.5. The number of hydrogen-bond donors (Lipinski definition) is 2. The number of hydrogen-bond acceptors (Lipinski definition) is 4. The third-order valence-electron chi connectivity index (χ3n) is 2.99. The molecule has 1 aliphatic rings. The van der Waals surface area contributed by atoms with Crippen LogP contribution in [0, 0.1) is 5.41 Å². The Morgan fingerprint density at radius 3 is 2.62 bits per heavy atom. The third kappa shape index (κ3) is 3.73. The zero-order valence-electron chi connectivity index (χ0n) is 10.5. The number of hydrazine groups is 1. The maximum Gasteiger partial charge on any atom is 0.240 e. The minimum absolute atomic E-state index is 0.115. The molecular weight excluding hydrogens is 206 g/mol. The van der Waals surface area contributed by atoms with Crippen molar-refractivity contribution in [1.82, 2.24) is 10.3 Å². The second-order valence-corrected chi connectivity index (χ2v) is 5.05. The van der Waals surface area contributed by atoms with Crippen molar-refractivity contribution >= 4 is 5.91 Å². The van der Waals surface area contributed by atoms with Gasteiger partial charge in [-0.15, -0.1) is 0 Å². The standard InChI is InChI=1S/C11H23N3O2/c1-11(2,10(15)13-12)8-14(6-7-16-3)9-4-5-9/h9H,4-8,12H2,1-3H3,(H,13,15). The second kappa shape index (κ2) is 5.61. The molecule has 5 nitrogen and oxygen atoms in total. The van der Waals surface area contributed by atoms with Gasteiger partial charge in [-0.2, -0.15) is 0 Å². The van der Waals surface area contributed by atoms with Gasteiger partial charge < -0.3 is 4.74 Å². The highest BCUT2D eigenvalue weighted by molar-refractivity contribution is 5.81. The zero-order valence-corrected chi connectivity index (χ0v) is 10.5. The van der Waals surface area contributed by atoms with E-state index < -0.39 is 5.41 Å². The van der Waals surface area contributed by atoms with Gasteiger partial charge in [0.05, 0.1) is 12.0 Å². The van der Waals surface area contributed by atoms with Crippen molar-refractivity contribution in [2.75, 3.05) is 26.8 Å². The molecule has 1 aliphatic carbocycles. The largest absolute Gasteiger partial charge is 0.383 e. The van der Waals surface area contributed by atoms with Crippen molar-refractivity contribution in [2.45, 2.75) is 32.7 Å². The SMILES string of the molecule is COCCN(CC(C)(C)C(=O)NN)C1CC1. The number of ether oxygens (including phenoxy) is 1. The van der Waals surface area contributed by atoms with E-state index in [0.717, 1.165) is 13.1 Å². The number of nitrogens with two attached hydrogens (primary N) is 1. The smallest absolute Gasteiger partial charge is 0.240 e. The molecular formula is C11H23N3O2. The summed E-state index contributed by atoms with van der Waals surface area (Å²) in [6.45, 7) is 6.14. The van der Waals surface area contributed by atoms with Crippen LogP contribution in [0.4, 0.5) is 0 Å². The van der Waals surface area contributed by atoms with Crippen LogP contribution in [-0.4, -0.2) is 43.7 Å². The zero-order chi connectivity index (χ0) is 12.2. The quantitative estimate of drug-likeness (QED) is 0.369. The van der Waals surface area contributed by atoms with Crippen LogP contribution in [-0.2, 0) is 9.53 Å². The summed E-state index contributed by atoms with van der Waals surface area (Å²) in [7, 11) is 1.70. The molecule has 0 heterocycles. The first kappa shape index (κ1) is 13.4. The number of nitrogens with one attached hydrogen (secondary N) is 1. The summed E-state index contributed by atoms with van der Waals surface area (Å²) < 4.78 is 5.08. The van der Waals surface area contributed by atoms with Crippen LogP contribution in [0.15, 0.2) is 0 Å². The van der Waals surface area contributed by atoms with Crippen LogP contribution in [0.2, 0.25) is 0 Å². The Hall–Kier alpha value is -0.650. The van der Waals surface area contributed by atoms with E-state index >= 15 is 0 Å². The van der Waals surface area contributed by atoms with E-state index in [0.29, 0.717) is 12.6 Å². The molecule has 0 spiro atoms. The van der Waals surface area contributed by atoms with Crippen LogP contribution >= 0.6 is 0 Å². The number of carbonyl (C=O) groups excluding carboxylic acids is 1. The third-order valence-corrected chi connectivity index (χ3v) is 2.99. The lowest BCUT2D eigenvalue weighted by atomic mass is 9.91. The maximum atomic E-state index is 11.6. The number of nitrogens with zero attached hydrogens (tertiary/aromatic N) is 1. The molecule has 0 aromatic heterocycles. The normalized spacial score (nSPS) is 16.6. The van der Waals surface area contributed by atoms with E-state index in [-0.39, 0.29) is 5.91 Å². The lowest BCUT2D eigenvalue weighted by molar-refractivity contribution is -0.130. The Balaban J connectivity index is 2.49. The summed E-state index contributed by atoms with van der Waals surface area (Å²) in [5.74, 6) is 5.07. The predicted octanol–water partition coefficient (Wildman–Crippen LogP) is 0.113. The molecule has 0 aliphatic heterocycles. The number of carbonyl (C=O) groups is 1. The summed E-state index contributed by atoms with van der Waals surface area (Å²) in [6.07, 6.45) is 2.45. The van der Waals surface area contributed by atoms with E-state index in [2.05, 4.69) is 10.3 Å². The van der Waals surface area contributed by atoms with Crippen LogP contribution in [0.3, 0.4) is 0 Å². The molecule has 0 saturated heterocycles. The molecule has 1 rings (SSSR count). The molecule has 0 bridgehead atoms.